The van der Waals surface area contributed by atoms with E-state index in [0.29, 0.717) is 5.88 Å². The van der Waals surface area contributed by atoms with Crippen molar-refractivity contribution in [1.82, 2.24) is 0 Å². The highest BCUT2D eigenvalue weighted by Crippen LogP contribution is 2.41. The number of anilines is 1. The van der Waals surface area contributed by atoms with E-state index in [4.69, 9.17) is 11.6 Å². The molecule has 0 spiro atoms. The predicted octanol–water partition coefficient (Wildman–Crippen LogP) is 4.96. The molecule has 1 nitrogen and oxygen atoms in total. The van der Waals surface area contributed by atoms with Crippen molar-refractivity contribution in [1.29, 1.82) is 0 Å². The van der Waals surface area contributed by atoms with Crippen LogP contribution in [0.5, 0.6) is 0 Å². The lowest BCUT2D eigenvalue weighted by Crippen LogP contribution is -2.42. The number of piperidine rings is 1. The van der Waals surface area contributed by atoms with Crippen molar-refractivity contribution >= 4 is 33.2 Å². The smallest absolute Gasteiger partial charge is 0.0513 e. The SMILES string of the molecule is ClCc1ccc(N2CCCC3CCCC32)c(Br)c1. The van der Waals surface area contributed by atoms with Crippen LogP contribution >= 0.6 is 27.5 Å². The quantitative estimate of drug-likeness (QED) is 0.694. The van der Waals surface area contributed by atoms with Gasteiger partial charge in [-0.25, -0.2) is 0 Å². The molecule has 1 aromatic rings. The fourth-order valence-electron chi connectivity index (χ4n) is 3.62. The van der Waals surface area contributed by atoms with Crippen LogP contribution < -0.4 is 4.90 Å². The average molecular weight is 329 g/mol. The second-order valence-electron chi connectivity index (χ2n) is 5.51. The summed E-state index contributed by atoms with van der Waals surface area (Å²) >= 11 is 9.61. The van der Waals surface area contributed by atoms with Crippen molar-refractivity contribution in [3.63, 3.8) is 0 Å². The van der Waals surface area contributed by atoms with Gasteiger partial charge in [-0.05, 0) is 65.2 Å². The van der Waals surface area contributed by atoms with E-state index in [9.17, 15) is 0 Å². The summed E-state index contributed by atoms with van der Waals surface area (Å²) in [6.45, 7) is 1.21. The molecule has 1 heterocycles. The summed E-state index contributed by atoms with van der Waals surface area (Å²) in [5.41, 5.74) is 2.55. The number of nitrogens with zero attached hydrogens (tertiary/aromatic N) is 1. The Bertz CT molecular complexity index is 435. The molecule has 0 N–H and O–H groups in total. The van der Waals surface area contributed by atoms with E-state index >= 15 is 0 Å². The van der Waals surface area contributed by atoms with Crippen LogP contribution in [0, 0.1) is 5.92 Å². The van der Waals surface area contributed by atoms with Crippen molar-refractivity contribution in [3.05, 3.63) is 28.2 Å². The molecule has 3 heteroatoms. The summed E-state index contributed by atoms with van der Waals surface area (Å²) in [5.74, 6) is 1.52. The molecule has 0 amide bonds. The van der Waals surface area contributed by atoms with Crippen LogP contribution in [0.25, 0.3) is 0 Å². The van der Waals surface area contributed by atoms with Crippen molar-refractivity contribution in [2.45, 2.75) is 44.0 Å². The van der Waals surface area contributed by atoms with Crippen molar-refractivity contribution in [2.24, 2.45) is 5.92 Å². The largest absolute Gasteiger partial charge is 0.367 e. The van der Waals surface area contributed by atoms with Crippen LogP contribution in [0.3, 0.4) is 0 Å². The first-order chi connectivity index (χ1) is 8.79. The van der Waals surface area contributed by atoms with Crippen LogP contribution in [0.1, 0.15) is 37.7 Å². The monoisotopic (exact) mass is 327 g/mol. The molecule has 18 heavy (non-hydrogen) atoms. The second-order valence-corrected chi connectivity index (χ2v) is 6.63. The van der Waals surface area contributed by atoms with E-state index in [1.165, 1.54) is 54.4 Å². The molecule has 1 saturated heterocycles. The third-order valence-electron chi connectivity index (χ3n) is 4.47. The molecule has 1 aliphatic carbocycles. The normalized spacial score (nSPS) is 27.3. The predicted molar refractivity (Wildman–Crippen MR) is 81.4 cm³/mol. The zero-order valence-electron chi connectivity index (χ0n) is 10.5. The summed E-state index contributed by atoms with van der Waals surface area (Å²) in [7, 11) is 0. The maximum Gasteiger partial charge on any atom is 0.0513 e. The van der Waals surface area contributed by atoms with Gasteiger partial charge in [0.15, 0.2) is 0 Å². The summed E-state index contributed by atoms with van der Waals surface area (Å²) in [6, 6.07) is 7.34. The maximum absolute atomic E-state index is 5.89. The zero-order valence-corrected chi connectivity index (χ0v) is 12.9. The fraction of sp³-hybridized carbons (Fsp3) is 0.600. The number of benzene rings is 1. The van der Waals surface area contributed by atoms with Gasteiger partial charge < -0.3 is 4.90 Å². The first-order valence-corrected chi connectivity index (χ1v) is 8.23. The average Bonchev–Trinajstić information content (AvgIpc) is 2.87. The number of fused-ring (bicyclic) bond motifs is 1. The number of alkyl halides is 1. The molecule has 98 valence electrons. The standard InChI is InChI=1S/C15H19BrClN/c16-13-9-11(10-17)6-7-15(13)18-8-2-4-12-3-1-5-14(12)18/h6-7,9,12,14H,1-5,8,10H2. The van der Waals surface area contributed by atoms with E-state index in [-0.39, 0.29) is 0 Å². The molecule has 1 aromatic carbocycles. The van der Waals surface area contributed by atoms with Crippen LogP contribution in [-0.2, 0) is 5.88 Å². The number of halogens is 2. The van der Waals surface area contributed by atoms with E-state index in [0.717, 1.165) is 12.0 Å². The van der Waals surface area contributed by atoms with E-state index in [1.54, 1.807) is 0 Å². The molecule has 3 rings (SSSR count). The Morgan fingerprint density at radius 1 is 1.22 bits per heavy atom. The van der Waals surface area contributed by atoms with Gasteiger partial charge >= 0.3 is 0 Å². The van der Waals surface area contributed by atoms with E-state index in [2.05, 4.69) is 39.0 Å². The van der Waals surface area contributed by atoms with Crippen molar-refractivity contribution in [2.75, 3.05) is 11.4 Å². The molecule has 2 unspecified atom stereocenters. The lowest BCUT2D eigenvalue weighted by atomic mass is 9.91. The molecule has 2 atom stereocenters. The van der Waals surface area contributed by atoms with E-state index in [1.807, 2.05) is 0 Å². The molecular formula is C15H19BrClN. The van der Waals surface area contributed by atoms with Crippen LogP contribution in [0.15, 0.2) is 22.7 Å². The summed E-state index contributed by atoms with van der Waals surface area (Å²) < 4.78 is 1.20. The van der Waals surface area contributed by atoms with Gasteiger partial charge in [0, 0.05) is 22.9 Å². The topological polar surface area (TPSA) is 3.24 Å². The molecule has 0 aromatic heterocycles. The summed E-state index contributed by atoms with van der Waals surface area (Å²) in [6.07, 6.45) is 6.97. The van der Waals surface area contributed by atoms with Gasteiger partial charge in [0.25, 0.3) is 0 Å². The lowest BCUT2D eigenvalue weighted by Gasteiger charge is -2.40. The highest BCUT2D eigenvalue weighted by Gasteiger charge is 2.35. The molecule has 0 bridgehead atoms. The minimum absolute atomic E-state index is 0.588. The minimum Gasteiger partial charge on any atom is -0.367 e. The van der Waals surface area contributed by atoms with Crippen LogP contribution in [-0.4, -0.2) is 12.6 Å². The molecule has 1 saturated carbocycles. The molecule has 1 aliphatic heterocycles. The van der Waals surface area contributed by atoms with Gasteiger partial charge in [0.1, 0.15) is 0 Å². The molecule has 0 radical (unpaired) electrons. The Kier molecular flexibility index (Phi) is 3.86. The van der Waals surface area contributed by atoms with Gasteiger partial charge in [-0.15, -0.1) is 11.6 Å². The number of hydrogen-bond donors (Lipinski definition) is 0. The fourth-order valence-corrected chi connectivity index (χ4v) is 4.44. The van der Waals surface area contributed by atoms with Gasteiger partial charge in [0.05, 0.1) is 5.69 Å². The van der Waals surface area contributed by atoms with Crippen molar-refractivity contribution in [3.8, 4) is 0 Å². The second kappa shape index (κ2) is 5.42. The summed E-state index contributed by atoms with van der Waals surface area (Å²) in [4.78, 5) is 2.63. The lowest BCUT2D eigenvalue weighted by molar-refractivity contribution is 0.362. The molecule has 2 aliphatic rings. The van der Waals surface area contributed by atoms with Gasteiger partial charge in [-0.3, -0.25) is 0 Å². The first-order valence-electron chi connectivity index (χ1n) is 6.90. The van der Waals surface area contributed by atoms with Crippen LogP contribution in [0.2, 0.25) is 0 Å². The third kappa shape index (κ3) is 2.30. The van der Waals surface area contributed by atoms with Gasteiger partial charge in [-0.1, -0.05) is 12.5 Å². The Morgan fingerprint density at radius 3 is 2.83 bits per heavy atom. The Labute approximate surface area is 123 Å². The number of hydrogen-bond acceptors (Lipinski definition) is 1. The molecular weight excluding hydrogens is 310 g/mol. The van der Waals surface area contributed by atoms with Gasteiger partial charge in [-0.2, -0.15) is 0 Å². The summed E-state index contributed by atoms with van der Waals surface area (Å²) in [5, 5.41) is 0. The zero-order chi connectivity index (χ0) is 12.5. The highest BCUT2D eigenvalue weighted by molar-refractivity contribution is 9.10. The van der Waals surface area contributed by atoms with Crippen LogP contribution in [0.4, 0.5) is 5.69 Å². The Balaban J connectivity index is 1.89. The van der Waals surface area contributed by atoms with Gasteiger partial charge in [0.2, 0.25) is 0 Å². The van der Waals surface area contributed by atoms with Crippen molar-refractivity contribution < 1.29 is 0 Å². The Morgan fingerprint density at radius 2 is 2.06 bits per heavy atom. The van der Waals surface area contributed by atoms with E-state index < -0.39 is 0 Å². The minimum atomic E-state index is 0.588. The maximum atomic E-state index is 5.89. The highest BCUT2D eigenvalue weighted by atomic mass is 79.9. The third-order valence-corrected chi connectivity index (χ3v) is 5.41. The molecule has 2 fully saturated rings. The first kappa shape index (κ1) is 12.8. The Hall–Kier alpha value is -0.210. The number of rotatable bonds is 2.